The van der Waals surface area contributed by atoms with Crippen LogP contribution in [0.2, 0.25) is 0 Å². The molecule has 0 aliphatic heterocycles. The second-order valence-corrected chi connectivity index (χ2v) is 6.78. The van der Waals surface area contributed by atoms with Crippen molar-refractivity contribution < 1.29 is 13.9 Å². The molecule has 0 aliphatic carbocycles. The van der Waals surface area contributed by atoms with Crippen molar-refractivity contribution in [2.45, 2.75) is 13.5 Å². The van der Waals surface area contributed by atoms with Gasteiger partial charge in [0.1, 0.15) is 18.1 Å². The Hall–Kier alpha value is -0.830. The number of rotatable bonds is 4. The van der Waals surface area contributed by atoms with Gasteiger partial charge in [-0.2, -0.15) is 0 Å². The molecule has 1 heterocycles. The minimum Gasteiger partial charge on any atom is -0.486 e. The average molecular weight is 483 g/mol. The fourth-order valence-electron chi connectivity index (χ4n) is 1.66. The van der Waals surface area contributed by atoms with Crippen LogP contribution in [0, 0.1) is 6.92 Å². The van der Waals surface area contributed by atoms with Crippen LogP contribution in [-0.2, 0) is 6.61 Å². The van der Waals surface area contributed by atoms with E-state index in [1.165, 1.54) is 0 Å². The van der Waals surface area contributed by atoms with Crippen LogP contribution in [0.1, 0.15) is 21.9 Å². The number of hydrogen-bond donors (Lipinski definition) is 2. The molecule has 1 aromatic heterocycles. The Kier molecular flexibility index (Phi) is 5.48. The minimum absolute atomic E-state index is 0.155. The number of aryl methyl sites for hydroxylation is 1. The molecule has 1 aromatic carbocycles. The first-order chi connectivity index (χ1) is 9.92. The molecule has 0 saturated heterocycles. The highest BCUT2D eigenvalue weighted by atomic mass is 79.9. The van der Waals surface area contributed by atoms with Gasteiger partial charge in [0, 0.05) is 10.0 Å². The van der Waals surface area contributed by atoms with Crippen LogP contribution in [0.3, 0.4) is 0 Å². The van der Waals surface area contributed by atoms with Crippen LogP contribution in [0.4, 0.5) is 0 Å². The summed E-state index contributed by atoms with van der Waals surface area (Å²) >= 11 is 10.3. The van der Waals surface area contributed by atoms with Gasteiger partial charge in [-0.05, 0) is 57.0 Å². The van der Waals surface area contributed by atoms with Crippen LogP contribution in [0.25, 0.3) is 0 Å². The summed E-state index contributed by atoms with van der Waals surface area (Å²) in [5.41, 5.74) is 2.80. The third-order valence-corrected chi connectivity index (χ3v) is 4.35. The van der Waals surface area contributed by atoms with E-state index in [2.05, 4.69) is 47.8 Å². The molecule has 0 atom stereocenters. The first-order valence-corrected chi connectivity index (χ1v) is 8.18. The van der Waals surface area contributed by atoms with E-state index in [-0.39, 0.29) is 12.4 Å². The van der Waals surface area contributed by atoms with Crippen molar-refractivity contribution in [1.29, 1.82) is 0 Å². The molecule has 0 fully saturated rings. The number of furan rings is 1. The second kappa shape index (κ2) is 6.95. The molecule has 21 heavy (non-hydrogen) atoms. The third-order valence-electron chi connectivity index (χ3n) is 2.71. The lowest BCUT2D eigenvalue weighted by atomic mass is 10.2. The summed E-state index contributed by atoms with van der Waals surface area (Å²) in [6.07, 6.45) is 0. The van der Waals surface area contributed by atoms with Crippen LogP contribution in [0.5, 0.6) is 5.75 Å². The lowest BCUT2D eigenvalue weighted by Crippen LogP contribution is -2.29. The number of halogens is 3. The second-order valence-electron chi connectivity index (χ2n) is 4.15. The van der Waals surface area contributed by atoms with Crippen LogP contribution >= 0.6 is 47.8 Å². The maximum absolute atomic E-state index is 11.4. The maximum Gasteiger partial charge on any atom is 0.300 e. The normalized spacial score (nSPS) is 10.5. The number of ether oxygens (including phenoxy) is 1. The van der Waals surface area contributed by atoms with Gasteiger partial charge >= 0.3 is 5.91 Å². The molecule has 2 aromatic rings. The van der Waals surface area contributed by atoms with Gasteiger partial charge in [0.15, 0.2) is 5.76 Å². The van der Waals surface area contributed by atoms with Crippen molar-refractivity contribution in [1.82, 2.24) is 5.43 Å². The molecule has 0 spiro atoms. The highest BCUT2D eigenvalue weighted by Crippen LogP contribution is 2.37. The SMILES string of the molecule is Cc1oc(C(=O)NN)cc1COc1c(Br)cc(Br)cc1Br. The largest absolute Gasteiger partial charge is 0.486 e. The molecule has 0 saturated carbocycles. The molecular formula is C13H11Br3N2O3. The van der Waals surface area contributed by atoms with Crippen molar-refractivity contribution >= 4 is 53.7 Å². The molecule has 0 aliphatic rings. The Balaban J connectivity index is 2.17. The fourth-order valence-corrected chi connectivity index (χ4v) is 4.15. The molecule has 5 nitrogen and oxygen atoms in total. The number of carbonyl (C=O) groups is 1. The quantitative estimate of drug-likeness (QED) is 0.391. The van der Waals surface area contributed by atoms with E-state index in [1.807, 2.05) is 17.6 Å². The summed E-state index contributed by atoms with van der Waals surface area (Å²) in [6, 6.07) is 5.38. The Morgan fingerprint density at radius 1 is 1.29 bits per heavy atom. The van der Waals surface area contributed by atoms with Gasteiger partial charge < -0.3 is 9.15 Å². The highest BCUT2D eigenvalue weighted by Gasteiger charge is 2.15. The van der Waals surface area contributed by atoms with E-state index in [0.717, 1.165) is 19.0 Å². The van der Waals surface area contributed by atoms with Gasteiger partial charge in [-0.25, -0.2) is 5.84 Å². The lowest BCUT2D eigenvalue weighted by molar-refractivity contribution is 0.0924. The van der Waals surface area contributed by atoms with Gasteiger partial charge in [0.05, 0.1) is 8.95 Å². The molecule has 0 radical (unpaired) electrons. The average Bonchev–Trinajstić information content (AvgIpc) is 2.78. The van der Waals surface area contributed by atoms with Crippen molar-refractivity contribution in [2.75, 3.05) is 0 Å². The molecule has 0 bridgehead atoms. The van der Waals surface area contributed by atoms with Crippen molar-refractivity contribution in [2.24, 2.45) is 5.84 Å². The number of nitrogens with two attached hydrogens (primary N) is 1. The number of benzene rings is 1. The molecule has 1 amide bonds. The molecule has 2 rings (SSSR count). The first kappa shape index (κ1) is 16.5. The number of carbonyl (C=O) groups excluding carboxylic acids is 1. The third kappa shape index (κ3) is 3.88. The Morgan fingerprint density at radius 2 is 1.90 bits per heavy atom. The number of amides is 1. The zero-order valence-corrected chi connectivity index (χ0v) is 15.6. The van der Waals surface area contributed by atoms with Gasteiger partial charge in [0.25, 0.3) is 0 Å². The van der Waals surface area contributed by atoms with E-state index >= 15 is 0 Å². The molecule has 3 N–H and O–H groups in total. The Labute approximate surface area is 146 Å². The number of nitrogens with one attached hydrogen (secondary N) is 1. The van der Waals surface area contributed by atoms with Gasteiger partial charge in [-0.15, -0.1) is 0 Å². The molecule has 0 unspecified atom stereocenters. The van der Waals surface area contributed by atoms with Gasteiger partial charge in [-0.3, -0.25) is 10.2 Å². The number of hydrogen-bond acceptors (Lipinski definition) is 4. The monoisotopic (exact) mass is 480 g/mol. The topological polar surface area (TPSA) is 77.5 Å². The zero-order chi connectivity index (χ0) is 15.6. The standard InChI is InChI=1S/C13H11Br3N2O3/c1-6-7(2-11(21-6)13(19)18-17)5-20-12-9(15)3-8(14)4-10(12)16/h2-4H,5,17H2,1H3,(H,18,19). The first-order valence-electron chi connectivity index (χ1n) is 5.80. The minimum atomic E-state index is -0.477. The summed E-state index contributed by atoms with van der Waals surface area (Å²) in [7, 11) is 0. The Bertz CT molecular complexity index is 662. The predicted octanol–water partition coefficient (Wildman–Crippen LogP) is 4.06. The molecule has 112 valence electrons. The van der Waals surface area contributed by atoms with Crippen molar-refractivity contribution in [3.05, 3.63) is 48.7 Å². The van der Waals surface area contributed by atoms with Crippen LogP contribution in [0.15, 0.2) is 36.0 Å². The van der Waals surface area contributed by atoms with E-state index < -0.39 is 5.91 Å². The zero-order valence-electron chi connectivity index (χ0n) is 10.9. The highest BCUT2D eigenvalue weighted by molar-refractivity contribution is 9.11. The van der Waals surface area contributed by atoms with Crippen molar-refractivity contribution in [3.8, 4) is 5.75 Å². The molecule has 8 heteroatoms. The summed E-state index contributed by atoms with van der Waals surface area (Å²) in [5, 5.41) is 0. The van der Waals surface area contributed by atoms with Crippen LogP contribution < -0.4 is 16.0 Å². The summed E-state index contributed by atoms with van der Waals surface area (Å²) in [5.74, 6) is 6.03. The Morgan fingerprint density at radius 3 is 2.48 bits per heavy atom. The molecular weight excluding hydrogens is 472 g/mol. The predicted molar refractivity (Wildman–Crippen MR) is 89.0 cm³/mol. The number of nitrogen functional groups attached to an aromatic ring is 1. The lowest BCUT2D eigenvalue weighted by Gasteiger charge is -2.10. The smallest absolute Gasteiger partial charge is 0.300 e. The summed E-state index contributed by atoms with van der Waals surface area (Å²) in [6.45, 7) is 2.03. The number of hydrazine groups is 1. The van der Waals surface area contributed by atoms with E-state index in [0.29, 0.717) is 11.5 Å². The van der Waals surface area contributed by atoms with Gasteiger partial charge in [0.2, 0.25) is 0 Å². The van der Waals surface area contributed by atoms with E-state index in [9.17, 15) is 4.79 Å². The fraction of sp³-hybridized carbons (Fsp3) is 0.154. The van der Waals surface area contributed by atoms with Crippen LogP contribution in [-0.4, -0.2) is 5.91 Å². The van der Waals surface area contributed by atoms with E-state index in [1.54, 1.807) is 13.0 Å². The maximum atomic E-state index is 11.4. The summed E-state index contributed by atoms with van der Waals surface area (Å²) < 4.78 is 13.7. The summed E-state index contributed by atoms with van der Waals surface area (Å²) in [4.78, 5) is 11.4. The van der Waals surface area contributed by atoms with Crippen molar-refractivity contribution in [3.63, 3.8) is 0 Å². The van der Waals surface area contributed by atoms with Gasteiger partial charge in [-0.1, -0.05) is 15.9 Å². The van der Waals surface area contributed by atoms with E-state index in [4.69, 9.17) is 15.0 Å².